The summed E-state index contributed by atoms with van der Waals surface area (Å²) in [5.41, 5.74) is 3.65. The lowest BCUT2D eigenvalue weighted by Gasteiger charge is -2.55. The standard InChI is InChI=1S/C26H41N/c1-7-17-27-25(3,4)18-24(19-26(27,5)6)23-15-13-22(14-16-23)21-11-9-20(8-2)10-12-21/h8,13-16,20-21,24H,2,7,9-12,17-19H2,1,3-6H3. The smallest absolute Gasteiger partial charge is 0.0164 e. The van der Waals surface area contributed by atoms with Crippen LogP contribution in [0.5, 0.6) is 0 Å². The highest BCUT2D eigenvalue weighted by molar-refractivity contribution is 5.29. The Hall–Kier alpha value is -1.08. The van der Waals surface area contributed by atoms with Crippen molar-refractivity contribution in [1.29, 1.82) is 0 Å². The molecule has 1 saturated heterocycles. The molecule has 0 radical (unpaired) electrons. The molecule has 0 aromatic heterocycles. The summed E-state index contributed by atoms with van der Waals surface area (Å²) < 4.78 is 0. The zero-order valence-corrected chi connectivity index (χ0v) is 18.4. The second-order valence-electron chi connectivity index (χ2n) is 10.4. The second-order valence-corrected chi connectivity index (χ2v) is 10.4. The fourth-order valence-electron chi connectivity index (χ4n) is 6.11. The fourth-order valence-corrected chi connectivity index (χ4v) is 6.11. The highest BCUT2D eigenvalue weighted by atomic mass is 15.3. The highest BCUT2D eigenvalue weighted by Crippen LogP contribution is 2.46. The first-order valence-electron chi connectivity index (χ1n) is 11.3. The van der Waals surface area contributed by atoms with E-state index >= 15 is 0 Å². The van der Waals surface area contributed by atoms with Gasteiger partial charge in [0, 0.05) is 11.1 Å². The Morgan fingerprint density at radius 3 is 1.81 bits per heavy atom. The van der Waals surface area contributed by atoms with Gasteiger partial charge in [0.15, 0.2) is 0 Å². The minimum absolute atomic E-state index is 0.268. The lowest BCUT2D eigenvalue weighted by Crippen LogP contribution is -2.60. The molecule has 0 unspecified atom stereocenters. The van der Waals surface area contributed by atoms with Gasteiger partial charge in [0.1, 0.15) is 0 Å². The lowest BCUT2D eigenvalue weighted by molar-refractivity contribution is -0.0358. The molecule has 0 atom stereocenters. The highest BCUT2D eigenvalue weighted by Gasteiger charge is 2.44. The third kappa shape index (κ3) is 4.50. The van der Waals surface area contributed by atoms with E-state index in [2.05, 4.69) is 76.4 Å². The molecule has 150 valence electrons. The zero-order valence-electron chi connectivity index (χ0n) is 18.4. The summed E-state index contributed by atoms with van der Waals surface area (Å²) in [6, 6.07) is 9.77. The SMILES string of the molecule is C=CC1CCC(c2ccc(C3CC(C)(C)N(CCC)C(C)(C)C3)cc2)CC1. The maximum Gasteiger partial charge on any atom is 0.0164 e. The van der Waals surface area contributed by atoms with Crippen LogP contribution in [0, 0.1) is 5.92 Å². The van der Waals surface area contributed by atoms with Gasteiger partial charge in [-0.1, -0.05) is 37.3 Å². The lowest BCUT2D eigenvalue weighted by atomic mass is 9.71. The van der Waals surface area contributed by atoms with Gasteiger partial charge in [0.05, 0.1) is 0 Å². The summed E-state index contributed by atoms with van der Waals surface area (Å²) in [5, 5.41) is 0. The number of rotatable bonds is 5. The number of hydrogen-bond acceptors (Lipinski definition) is 1. The van der Waals surface area contributed by atoms with Gasteiger partial charge >= 0.3 is 0 Å². The molecule has 2 aliphatic rings. The zero-order chi connectivity index (χ0) is 19.7. The molecule has 0 spiro atoms. The molecule has 1 heterocycles. The van der Waals surface area contributed by atoms with Crippen LogP contribution >= 0.6 is 0 Å². The summed E-state index contributed by atoms with van der Waals surface area (Å²) in [6.07, 6.45) is 11.2. The van der Waals surface area contributed by atoms with Crippen LogP contribution in [0.2, 0.25) is 0 Å². The summed E-state index contributed by atoms with van der Waals surface area (Å²) in [4.78, 5) is 2.75. The summed E-state index contributed by atoms with van der Waals surface area (Å²) in [7, 11) is 0. The summed E-state index contributed by atoms with van der Waals surface area (Å²) >= 11 is 0. The van der Waals surface area contributed by atoms with E-state index in [9.17, 15) is 0 Å². The molecular weight excluding hydrogens is 326 g/mol. The Morgan fingerprint density at radius 1 is 0.889 bits per heavy atom. The van der Waals surface area contributed by atoms with Crippen molar-refractivity contribution in [2.45, 2.75) is 102 Å². The molecule has 3 rings (SSSR count). The van der Waals surface area contributed by atoms with Crippen LogP contribution < -0.4 is 0 Å². The molecule has 1 aliphatic heterocycles. The van der Waals surface area contributed by atoms with Gasteiger partial charge < -0.3 is 0 Å². The van der Waals surface area contributed by atoms with Gasteiger partial charge in [0.2, 0.25) is 0 Å². The van der Waals surface area contributed by atoms with Crippen LogP contribution in [0.25, 0.3) is 0 Å². The van der Waals surface area contributed by atoms with Crippen molar-refractivity contribution in [3.8, 4) is 0 Å². The van der Waals surface area contributed by atoms with E-state index in [-0.39, 0.29) is 11.1 Å². The molecule has 2 fully saturated rings. The predicted octanol–water partition coefficient (Wildman–Crippen LogP) is 7.29. The van der Waals surface area contributed by atoms with E-state index in [0.717, 1.165) is 11.8 Å². The fraction of sp³-hybridized carbons (Fsp3) is 0.692. The molecule has 1 aliphatic carbocycles. The summed E-state index contributed by atoms with van der Waals surface area (Å²) in [5.74, 6) is 2.18. The Labute approximate surface area is 168 Å². The van der Waals surface area contributed by atoms with Crippen molar-refractivity contribution in [3.05, 3.63) is 48.0 Å². The van der Waals surface area contributed by atoms with E-state index in [0.29, 0.717) is 5.92 Å². The van der Waals surface area contributed by atoms with Gasteiger partial charge in [-0.05, 0) is 108 Å². The van der Waals surface area contributed by atoms with Crippen molar-refractivity contribution >= 4 is 0 Å². The van der Waals surface area contributed by atoms with Crippen LogP contribution in [-0.4, -0.2) is 22.5 Å². The van der Waals surface area contributed by atoms with Crippen LogP contribution in [-0.2, 0) is 0 Å². The van der Waals surface area contributed by atoms with Gasteiger partial charge in [-0.25, -0.2) is 0 Å². The monoisotopic (exact) mass is 367 g/mol. The normalized spacial score (nSPS) is 28.8. The second kappa shape index (κ2) is 8.11. The minimum atomic E-state index is 0.268. The number of piperidine rings is 1. The first-order chi connectivity index (χ1) is 12.8. The van der Waals surface area contributed by atoms with Crippen LogP contribution in [0.1, 0.15) is 103 Å². The van der Waals surface area contributed by atoms with Crippen molar-refractivity contribution in [2.75, 3.05) is 6.54 Å². The number of allylic oxidation sites excluding steroid dienone is 1. The number of hydrogen-bond donors (Lipinski definition) is 0. The molecule has 0 bridgehead atoms. The Balaban J connectivity index is 1.71. The average Bonchev–Trinajstić information content (AvgIpc) is 2.64. The number of nitrogens with zero attached hydrogens (tertiary/aromatic N) is 1. The molecule has 27 heavy (non-hydrogen) atoms. The van der Waals surface area contributed by atoms with E-state index in [1.165, 1.54) is 51.5 Å². The molecule has 1 saturated carbocycles. The molecule has 0 amide bonds. The number of likely N-dealkylation sites (tertiary alicyclic amines) is 1. The topological polar surface area (TPSA) is 3.24 Å². The van der Waals surface area contributed by atoms with Crippen LogP contribution in [0.4, 0.5) is 0 Å². The molecule has 1 aromatic carbocycles. The van der Waals surface area contributed by atoms with Gasteiger partial charge in [0.25, 0.3) is 0 Å². The van der Waals surface area contributed by atoms with Crippen molar-refractivity contribution in [3.63, 3.8) is 0 Å². The predicted molar refractivity (Wildman–Crippen MR) is 118 cm³/mol. The van der Waals surface area contributed by atoms with E-state index in [4.69, 9.17) is 0 Å². The Morgan fingerprint density at radius 2 is 1.37 bits per heavy atom. The van der Waals surface area contributed by atoms with Crippen LogP contribution in [0.15, 0.2) is 36.9 Å². The summed E-state index contributed by atoms with van der Waals surface area (Å²) in [6.45, 7) is 17.3. The van der Waals surface area contributed by atoms with Gasteiger partial charge in [-0.2, -0.15) is 0 Å². The maximum absolute atomic E-state index is 3.98. The van der Waals surface area contributed by atoms with E-state index in [1.54, 1.807) is 11.1 Å². The molecule has 1 heteroatoms. The maximum atomic E-state index is 3.98. The quantitative estimate of drug-likeness (QED) is 0.494. The van der Waals surface area contributed by atoms with Crippen molar-refractivity contribution < 1.29 is 0 Å². The first-order valence-corrected chi connectivity index (χ1v) is 11.3. The Bertz CT molecular complexity index is 598. The van der Waals surface area contributed by atoms with Gasteiger partial charge in [-0.3, -0.25) is 4.90 Å². The molecule has 1 aromatic rings. The Kier molecular flexibility index (Phi) is 6.21. The van der Waals surface area contributed by atoms with Crippen LogP contribution in [0.3, 0.4) is 0 Å². The van der Waals surface area contributed by atoms with Gasteiger partial charge in [-0.15, -0.1) is 6.58 Å². The molecular formula is C26H41N. The van der Waals surface area contributed by atoms with E-state index < -0.39 is 0 Å². The number of benzene rings is 1. The first kappa shape index (κ1) is 20.6. The third-order valence-electron chi connectivity index (χ3n) is 7.38. The third-order valence-corrected chi connectivity index (χ3v) is 7.38. The van der Waals surface area contributed by atoms with E-state index in [1.807, 2.05) is 0 Å². The average molecular weight is 368 g/mol. The minimum Gasteiger partial charge on any atom is -0.293 e. The van der Waals surface area contributed by atoms with Crippen molar-refractivity contribution in [2.24, 2.45) is 5.92 Å². The largest absolute Gasteiger partial charge is 0.293 e. The molecule has 1 nitrogen and oxygen atoms in total. The molecule has 0 N–H and O–H groups in total. The van der Waals surface area contributed by atoms with Crippen molar-refractivity contribution in [1.82, 2.24) is 4.90 Å².